The van der Waals surface area contributed by atoms with E-state index in [1.165, 1.54) is 0 Å². The third-order valence-corrected chi connectivity index (χ3v) is 8.57. The van der Waals surface area contributed by atoms with Crippen LogP contribution in [0.15, 0.2) is 96.0 Å². The van der Waals surface area contributed by atoms with E-state index in [1.807, 2.05) is 54.6 Å². The number of esters is 1. The van der Waals surface area contributed by atoms with Gasteiger partial charge in [-0.25, -0.2) is 9.79 Å². The number of hydrogen-bond donors (Lipinski definition) is 0. The van der Waals surface area contributed by atoms with E-state index in [2.05, 4.69) is 41.4 Å². The lowest BCUT2D eigenvalue weighted by Gasteiger charge is -2.28. The smallest absolute Gasteiger partial charge is 0.364 e. The van der Waals surface area contributed by atoms with Crippen molar-refractivity contribution in [1.82, 2.24) is 0 Å². The van der Waals surface area contributed by atoms with E-state index in [0.717, 1.165) is 15.9 Å². The largest absolute Gasteiger partial charge is 0.407 e. The van der Waals surface area contributed by atoms with E-state index in [-0.39, 0.29) is 5.97 Å². The van der Waals surface area contributed by atoms with Gasteiger partial charge in [0.05, 0.1) is 0 Å². The van der Waals surface area contributed by atoms with E-state index in [4.69, 9.17) is 4.74 Å². The predicted molar refractivity (Wildman–Crippen MR) is 109 cm³/mol. The molecular weight excluding hydrogens is 341 g/mol. The average Bonchev–Trinajstić information content (AvgIpc) is 3.03. The number of nitrogens with zero attached hydrogens (tertiary/aromatic N) is 1. The monoisotopic (exact) mass is 359 g/mol. The second kappa shape index (κ2) is 6.78. The highest BCUT2D eigenvalue weighted by Crippen LogP contribution is 2.47. The normalized spacial score (nSPS) is 14.1. The minimum atomic E-state index is -2.44. The number of carbonyl (C=O) groups excluding carboxylic acids is 1. The number of aliphatic imine (C=N–C) groups is 1. The Morgan fingerprint density at radius 2 is 1.08 bits per heavy atom. The van der Waals surface area contributed by atoms with Crippen LogP contribution in [0, 0.1) is 0 Å². The molecule has 0 atom stereocenters. The molecule has 0 spiro atoms. The summed E-state index contributed by atoms with van der Waals surface area (Å²) in [5.74, 6) is 0.0459. The molecule has 128 valence electrons. The van der Waals surface area contributed by atoms with Crippen LogP contribution in [0.25, 0.3) is 0 Å². The Balaban J connectivity index is 2.24. The van der Waals surface area contributed by atoms with Crippen LogP contribution in [0.5, 0.6) is 0 Å². The van der Waals surface area contributed by atoms with Gasteiger partial charge in [-0.2, -0.15) is 0 Å². The van der Waals surface area contributed by atoms with Crippen LogP contribution in [0.4, 0.5) is 0 Å². The number of ether oxygens (including phenoxy) is 1. The third-order valence-electron chi connectivity index (χ3n) is 4.43. The maximum Gasteiger partial charge on any atom is 0.364 e. The number of benzene rings is 3. The highest BCUT2D eigenvalue weighted by atomic mass is 31.2. The summed E-state index contributed by atoms with van der Waals surface area (Å²) in [5, 5.41) is 3.26. The van der Waals surface area contributed by atoms with E-state index < -0.39 is 6.89 Å². The van der Waals surface area contributed by atoms with Gasteiger partial charge in [-0.05, 0) is 15.9 Å². The first kappa shape index (κ1) is 16.6. The number of hydrogen-bond acceptors (Lipinski definition) is 2. The van der Waals surface area contributed by atoms with Crippen LogP contribution in [0.3, 0.4) is 0 Å². The Hall–Kier alpha value is -2.90. The Bertz CT molecular complexity index is 922. The molecule has 0 amide bonds. The van der Waals surface area contributed by atoms with Crippen molar-refractivity contribution < 1.29 is 9.53 Å². The molecule has 0 N–H and O–H groups in total. The lowest BCUT2D eigenvalue weighted by atomic mass is 10.4. The van der Waals surface area contributed by atoms with E-state index in [9.17, 15) is 4.79 Å². The van der Waals surface area contributed by atoms with Crippen molar-refractivity contribution in [2.75, 3.05) is 0 Å². The fourth-order valence-electron chi connectivity index (χ4n) is 3.38. The first-order chi connectivity index (χ1) is 12.7. The highest BCUT2D eigenvalue weighted by molar-refractivity contribution is 7.96. The zero-order valence-corrected chi connectivity index (χ0v) is 15.3. The summed E-state index contributed by atoms with van der Waals surface area (Å²) in [7, 11) is 0. The van der Waals surface area contributed by atoms with Crippen LogP contribution in [-0.2, 0) is 9.53 Å². The van der Waals surface area contributed by atoms with Gasteiger partial charge in [0.15, 0.2) is 11.3 Å². The van der Waals surface area contributed by atoms with Gasteiger partial charge in [0.1, 0.15) is 0 Å². The predicted octanol–water partition coefficient (Wildman–Crippen LogP) is 3.09. The summed E-state index contributed by atoms with van der Waals surface area (Å²) < 4.78 is 5.35. The molecule has 1 aliphatic heterocycles. The molecule has 1 aliphatic rings. The van der Waals surface area contributed by atoms with Crippen molar-refractivity contribution in [3.05, 3.63) is 91.0 Å². The molecule has 4 heteroatoms. The molecule has 1 heterocycles. The number of carbonyl (C=O) groups is 1. The molecule has 4 rings (SSSR count). The molecule has 0 radical (unpaired) electrons. The minimum absolute atomic E-state index is 0.354. The van der Waals surface area contributed by atoms with Crippen molar-refractivity contribution in [1.29, 1.82) is 0 Å². The Morgan fingerprint density at radius 1 is 0.692 bits per heavy atom. The van der Waals surface area contributed by atoms with Gasteiger partial charge in [0, 0.05) is 13.8 Å². The molecule has 26 heavy (non-hydrogen) atoms. The van der Waals surface area contributed by atoms with Gasteiger partial charge in [-0.15, -0.1) is 0 Å². The van der Waals surface area contributed by atoms with Gasteiger partial charge in [0.25, 0.3) is 0 Å². The molecule has 0 aromatic heterocycles. The molecule has 3 aromatic rings. The quantitative estimate of drug-likeness (QED) is 0.533. The van der Waals surface area contributed by atoms with Crippen molar-refractivity contribution >= 4 is 40.1 Å². The summed E-state index contributed by atoms with van der Waals surface area (Å²) in [6, 6.07) is 30.5. The third kappa shape index (κ3) is 2.61. The molecule has 0 saturated heterocycles. The zero-order valence-electron chi connectivity index (χ0n) is 14.4. The van der Waals surface area contributed by atoms with Crippen molar-refractivity contribution in [3.63, 3.8) is 0 Å². The Morgan fingerprint density at radius 3 is 1.38 bits per heavy atom. The molecule has 0 saturated carbocycles. The van der Waals surface area contributed by atoms with Gasteiger partial charge >= 0.3 is 5.97 Å². The fourth-order valence-corrected chi connectivity index (χ4v) is 7.47. The van der Waals surface area contributed by atoms with Gasteiger partial charge in [-0.1, -0.05) is 91.0 Å². The summed E-state index contributed by atoms with van der Waals surface area (Å²) in [5.41, 5.74) is 0.499. The molecule has 3 aromatic carbocycles. The molecule has 3 nitrogen and oxygen atoms in total. The summed E-state index contributed by atoms with van der Waals surface area (Å²) in [6.45, 7) is -0.717. The van der Waals surface area contributed by atoms with Gasteiger partial charge < -0.3 is 4.74 Å². The Labute approximate surface area is 153 Å². The zero-order chi connectivity index (χ0) is 18.0. The average molecular weight is 359 g/mol. The van der Waals surface area contributed by atoms with Crippen LogP contribution in [-0.4, -0.2) is 17.3 Å². The molecule has 0 aliphatic carbocycles. The van der Waals surface area contributed by atoms with Crippen molar-refractivity contribution in [2.45, 2.75) is 6.92 Å². The fraction of sp³-hybridized carbons (Fsp3) is 0.0455. The van der Waals surface area contributed by atoms with Crippen LogP contribution in [0.2, 0.25) is 0 Å². The summed E-state index contributed by atoms with van der Waals surface area (Å²) >= 11 is 0. The molecule has 0 unspecified atom stereocenters. The number of cyclic esters (lactones) is 1. The van der Waals surface area contributed by atoms with Gasteiger partial charge in [-0.3, -0.25) is 0 Å². The van der Waals surface area contributed by atoms with Crippen molar-refractivity contribution in [2.24, 2.45) is 4.99 Å². The van der Waals surface area contributed by atoms with Crippen LogP contribution >= 0.6 is 6.89 Å². The first-order valence-corrected chi connectivity index (χ1v) is 10.2. The molecule has 0 fully saturated rings. The van der Waals surface area contributed by atoms with Crippen LogP contribution < -0.4 is 15.9 Å². The lowest BCUT2D eigenvalue weighted by molar-refractivity contribution is -0.127. The maximum atomic E-state index is 12.8. The summed E-state index contributed by atoms with van der Waals surface area (Å²) in [6.07, 6.45) is 0. The standard InChI is InChI=1S/C22H18NO2P/c1-17-23-21(22(24)25-17)26(18-11-5-2-6-12-18,19-13-7-3-8-14-19)20-15-9-4-10-16-20/h2-16H,1H3. The molecular formula is C22H18NO2P. The second-order valence-electron chi connectivity index (χ2n) is 6.02. The number of rotatable bonds is 3. The van der Waals surface area contributed by atoms with Crippen LogP contribution in [0.1, 0.15) is 6.92 Å². The van der Waals surface area contributed by atoms with Gasteiger partial charge in [0.2, 0.25) is 0 Å². The van der Waals surface area contributed by atoms with E-state index in [1.54, 1.807) is 6.92 Å². The van der Waals surface area contributed by atoms with E-state index >= 15 is 0 Å². The van der Waals surface area contributed by atoms with E-state index in [0.29, 0.717) is 11.3 Å². The highest BCUT2D eigenvalue weighted by Gasteiger charge is 2.36. The SMILES string of the molecule is CC1=NC(=P(c2ccccc2)(c2ccccc2)c2ccccc2)C(=O)O1. The first-order valence-electron chi connectivity index (χ1n) is 8.44. The Kier molecular flexibility index (Phi) is 4.32. The second-order valence-corrected chi connectivity index (χ2v) is 9.34. The van der Waals surface area contributed by atoms with Crippen molar-refractivity contribution in [3.8, 4) is 0 Å². The maximum absolute atomic E-state index is 12.8. The minimum Gasteiger partial charge on any atom is -0.407 e. The topological polar surface area (TPSA) is 38.7 Å². The molecule has 0 bridgehead atoms. The summed E-state index contributed by atoms with van der Waals surface area (Å²) in [4.78, 5) is 17.4. The lowest BCUT2D eigenvalue weighted by Crippen LogP contribution is -2.31.